The number of unbranched alkanes of at least 4 members (excludes halogenated alkanes) is 1. The molecule has 0 aromatic rings. The number of alkyl halides is 1. The van der Waals surface area contributed by atoms with Crippen molar-refractivity contribution in [1.82, 2.24) is 9.62 Å². The van der Waals surface area contributed by atoms with E-state index in [0.29, 0.717) is 0 Å². The molecule has 0 unspecified atom stereocenters. The fourth-order valence-electron chi connectivity index (χ4n) is 2.07. The maximum Gasteiger partial charge on any atom is 0.213 e. The maximum absolute atomic E-state index is 11.5. The molecule has 0 atom stereocenters. The third kappa shape index (κ3) is 6.04. The number of hydrogen-bond donors (Lipinski definition) is 1. The Bertz CT molecular complexity index is 301. The summed E-state index contributed by atoms with van der Waals surface area (Å²) in [7, 11) is -3.17. The Labute approximate surface area is 110 Å². The largest absolute Gasteiger partial charge is 0.303 e. The molecule has 17 heavy (non-hydrogen) atoms. The van der Waals surface area contributed by atoms with Gasteiger partial charge in [-0.2, -0.15) is 0 Å². The minimum atomic E-state index is -3.17. The third-order valence-corrected chi connectivity index (χ3v) is 4.95. The van der Waals surface area contributed by atoms with Crippen LogP contribution in [0.15, 0.2) is 0 Å². The van der Waals surface area contributed by atoms with Crippen molar-refractivity contribution in [2.45, 2.75) is 38.6 Å². The van der Waals surface area contributed by atoms with E-state index in [2.05, 4.69) is 16.5 Å². The van der Waals surface area contributed by atoms with Crippen LogP contribution in [0.2, 0.25) is 0 Å². The maximum atomic E-state index is 11.5. The van der Waals surface area contributed by atoms with Crippen LogP contribution in [0.4, 0.5) is 0 Å². The van der Waals surface area contributed by atoms with Crippen molar-refractivity contribution in [2.24, 2.45) is 0 Å². The molecule has 0 bridgehead atoms. The van der Waals surface area contributed by atoms with Gasteiger partial charge in [-0.15, -0.1) is 11.6 Å². The summed E-state index contributed by atoms with van der Waals surface area (Å²) in [4.78, 5) is 2.41. The molecule has 0 spiro atoms. The highest BCUT2D eigenvalue weighted by molar-refractivity contribution is 7.89. The zero-order valence-electron chi connectivity index (χ0n) is 10.5. The standard InChI is InChI=1S/C11H23ClN2O2S/c1-2-3-7-14-8-4-11(5-9-14)13-17(15,16)10-6-12/h11,13H,2-10H2,1H3. The van der Waals surface area contributed by atoms with Crippen LogP contribution in [0, 0.1) is 0 Å². The van der Waals surface area contributed by atoms with E-state index in [1.54, 1.807) is 0 Å². The predicted molar refractivity (Wildman–Crippen MR) is 72.0 cm³/mol. The first kappa shape index (κ1) is 15.2. The SMILES string of the molecule is CCCCN1CCC(NS(=O)(=O)CCCl)CC1. The summed E-state index contributed by atoms with van der Waals surface area (Å²) >= 11 is 5.46. The average molecular weight is 283 g/mol. The summed E-state index contributed by atoms with van der Waals surface area (Å²) in [5, 5.41) is 0. The van der Waals surface area contributed by atoms with Gasteiger partial charge in [-0.05, 0) is 38.9 Å². The molecule has 1 rings (SSSR count). The number of halogens is 1. The van der Waals surface area contributed by atoms with Gasteiger partial charge < -0.3 is 4.90 Å². The number of sulfonamides is 1. The molecule has 0 aromatic heterocycles. The first-order chi connectivity index (χ1) is 8.07. The van der Waals surface area contributed by atoms with Gasteiger partial charge in [-0.25, -0.2) is 13.1 Å². The lowest BCUT2D eigenvalue weighted by atomic mass is 10.1. The van der Waals surface area contributed by atoms with Crippen LogP contribution < -0.4 is 4.72 Å². The van der Waals surface area contributed by atoms with Crippen molar-refractivity contribution < 1.29 is 8.42 Å². The molecule has 0 aliphatic carbocycles. The molecule has 102 valence electrons. The second-order valence-corrected chi connectivity index (χ2v) is 6.85. The zero-order valence-corrected chi connectivity index (χ0v) is 12.1. The van der Waals surface area contributed by atoms with Crippen molar-refractivity contribution in [2.75, 3.05) is 31.3 Å². The quantitative estimate of drug-likeness (QED) is 0.719. The second-order valence-electron chi connectivity index (χ2n) is 4.60. The number of nitrogens with zero attached hydrogens (tertiary/aromatic N) is 1. The summed E-state index contributed by atoms with van der Waals surface area (Å²) in [6.45, 7) is 5.31. The molecule has 4 nitrogen and oxygen atoms in total. The third-order valence-electron chi connectivity index (χ3n) is 3.11. The van der Waals surface area contributed by atoms with Crippen LogP contribution >= 0.6 is 11.6 Å². The Morgan fingerprint density at radius 2 is 2.00 bits per heavy atom. The topological polar surface area (TPSA) is 49.4 Å². The Balaban J connectivity index is 2.27. The van der Waals surface area contributed by atoms with E-state index in [1.807, 2.05) is 0 Å². The Morgan fingerprint density at radius 1 is 1.35 bits per heavy atom. The van der Waals surface area contributed by atoms with Crippen molar-refractivity contribution in [3.8, 4) is 0 Å². The molecule has 1 aliphatic heterocycles. The molecular weight excluding hydrogens is 260 g/mol. The Morgan fingerprint density at radius 3 is 2.53 bits per heavy atom. The molecule has 1 aliphatic rings. The molecule has 6 heteroatoms. The van der Waals surface area contributed by atoms with Crippen molar-refractivity contribution >= 4 is 21.6 Å². The van der Waals surface area contributed by atoms with E-state index in [9.17, 15) is 8.42 Å². The van der Waals surface area contributed by atoms with E-state index in [1.165, 1.54) is 12.8 Å². The average Bonchev–Trinajstić information content (AvgIpc) is 2.27. The second kappa shape index (κ2) is 7.56. The fourth-order valence-corrected chi connectivity index (χ4v) is 3.74. The lowest BCUT2D eigenvalue weighted by molar-refractivity contribution is 0.205. The van der Waals surface area contributed by atoms with E-state index in [4.69, 9.17) is 11.6 Å². The number of piperidine rings is 1. The molecular formula is C11H23ClN2O2S. The van der Waals surface area contributed by atoms with Gasteiger partial charge in [-0.1, -0.05) is 13.3 Å². The minimum Gasteiger partial charge on any atom is -0.303 e. The van der Waals surface area contributed by atoms with E-state index in [0.717, 1.165) is 32.5 Å². The van der Waals surface area contributed by atoms with Gasteiger partial charge in [0.05, 0.1) is 5.75 Å². The summed E-state index contributed by atoms with van der Waals surface area (Å²) in [5.41, 5.74) is 0. The highest BCUT2D eigenvalue weighted by Crippen LogP contribution is 2.12. The van der Waals surface area contributed by atoms with Gasteiger partial charge in [0.25, 0.3) is 0 Å². The monoisotopic (exact) mass is 282 g/mol. The van der Waals surface area contributed by atoms with Gasteiger partial charge in [0, 0.05) is 11.9 Å². The van der Waals surface area contributed by atoms with Crippen LogP contribution in [0.3, 0.4) is 0 Å². The summed E-state index contributed by atoms with van der Waals surface area (Å²) in [6, 6.07) is 0.0982. The molecule has 1 heterocycles. The van der Waals surface area contributed by atoms with E-state index in [-0.39, 0.29) is 17.7 Å². The number of hydrogen-bond acceptors (Lipinski definition) is 3. The Kier molecular flexibility index (Phi) is 6.77. The lowest BCUT2D eigenvalue weighted by Gasteiger charge is -2.32. The van der Waals surface area contributed by atoms with Crippen molar-refractivity contribution in [3.63, 3.8) is 0 Å². The highest BCUT2D eigenvalue weighted by Gasteiger charge is 2.22. The van der Waals surface area contributed by atoms with Crippen LogP contribution in [0.25, 0.3) is 0 Å². The first-order valence-electron chi connectivity index (χ1n) is 6.35. The molecule has 0 amide bonds. The van der Waals surface area contributed by atoms with Gasteiger partial charge >= 0.3 is 0 Å². The first-order valence-corrected chi connectivity index (χ1v) is 8.54. The van der Waals surface area contributed by atoms with E-state index < -0.39 is 10.0 Å². The molecule has 1 N–H and O–H groups in total. The van der Waals surface area contributed by atoms with E-state index >= 15 is 0 Å². The summed E-state index contributed by atoms with van der Waals surface area (Å²) < 4.78 is 25.8. The normalized spacial score (nSPS) is 19.6. The van der Waals surface area contributed by atoms with Crippen LogP contribution in [0.1, 0.15) is 32.6 Å². The molecule has 1 saturated heterocycles. The number of likely N-dealkylation sites (tertiary alicyclic amines) is 1. The molecule has 0 radical (unpaired) electrons. The molecule has 0 saturated carbocycles. The van der Waals surface area contributed by atoms with Gasteiger partial charge in [-0.3, -0.25) is 0 Å². The lowest BCUT2D eigenvalue weighted by Crippen LogP contribution is -2.45. The van der Waals surface area contributed by atoms with Gasteiger partial charge in [0.15, 0.2) is 0 Å². The zero-order chi connectivity index (χ0) is 12.7. The Hall–Kier alpha value is 0.160. The summed E-state index contributed by atoms with van der Waals surface area (Å²) in [5.74, 6) is 0.176. The smallest absolute Gasteiger partial charge is 0.213 e. The number of rotatable bonds is 7. The number of nitrogens with one attached hydrogen (secondary N) is 1. The van der Waals surface area contributed by atoms with Crippen LogP contribution in [0.5, 0.6) is 0 Å². The van der Waals surface area contributed by atoms with Gasteiger partial charge in [0.1, 0.15) is 0 Å². The minimum absolute atomic E-state index is 0.0185. The predicted octanol–water partition coefficient (Wildman–Crippen LogP) is 1.41. The molecule has 1 fully saturated rings. The fraction of sp³-hybridized carbons (Fsp3) is 1.00. The molecule has 0 aromatic carbocycles. The van der Waals surface area contributed by atoms with Crippen molar-refractivity contribution in [1.29, 1.82) is 0 Å². The van der Waals surface area contributed by atoms with Crippen LogP contribution in [-0.2, 0) is 10.0 Å². The van der Waals surface area contributed by atoms with Crippen LogP contribution in [-0.4, -0.2) is 50.6 Å². The van der Waals surface area contributed by atoms with Crippen molar-refractivity contribution in [3.05, 3.63) is 0 Å². The highest BCUT2D eigenvalue weighted by atomic mass is 35.5. The van der Waals surface area contributed by atoms with Gasteiger partial charge in [0.2, 0.25) is 10.0 Å². The summed E-state index contributed by atoms with van der Waals surface area (Å²) in [6.07, 6.45) is 4.25.